The number of hydrogen-bond acceptors (Lipinski definition) is 2. The van der Waals surface area contributed by atoms with Gasteiger partial charge in [-0.05, 0) is 43.2 Å². The molecule has 2 aromatic rings. The van der Waals surface area contributed by atoms with Gasteiger partial charge in [-0.2, -0.15) is 0 Å². The second-order valence-electron chi connectivity index (χ2n) is 5.22. The van der Waals surface area contributed by atoms with Gasteiger partial charge in [0, 0.05) is 18.3 Å². The standard InChI is InChI=1S/C18H19F2NO2/c1-4-21(14-7-8-15(19)16(20)11-14)18(22)10-13-6-5-12(2)17(9-13)23-3/h5-9,11H,4,10H2,1-3H3. The van der Waals surface area contributed by atoms with Gasteiger partial charge in [0.15, 0.2) is 11.6 Å². The zero-order valence-electron chi connectivity index (χ0n) is 13.4. The molecule has 0 atom stereocenters. The van der Waals surface area contributed by atoms with E-state index in [1.807, 2.05) is 25.1 Å². The van der Waals surface area contributed by atoms with Crippen molar-refractivity contribution in [3.05, 3.63) is 59.2 Å². The van der Waals surface area contributed by atoms with E-state index in [-0.39, 0.29) is 12.3 Å². The van der Waals surface area contributed by atoms with Crippen molar-refractivity contribution in [2.24, 2.45) is 0 Å². The number of anilines is 1. The van der Waals surface area contributed by atoms with Crippen LogP contribution in [-0.2, 0) is 11.2 Å². The number of aryl methyl sites for hydroxylation is 1. The Morgan fingerprint density at radius 3 is 2.48 bits per heavy atom. The lowest BCUT2D eigenvalue weighted by Crippen LogP contribution is -2.32. The largest absolute Gasteiger partial charge is 0.496 e. The summed E-state index contributed by atoms with van der Waals surface area (Å²) >= 11 is 0. The summed E-state index contributed by atoms with van der Waals surface area (Å²) in [5.41, 5.74) is 2.13. The minimum atomic E-state index is -0.967. The molecule has 0 aliphatic carbocycles. The Bertz CT molecular complexity index is 716. The summed E-state index contributed by atoms with van der Waals surface area (Å²) in [7, 11) is 1.58. The number of carbonyl (C=O) groups is 1. The molecule has 122 valence electrons. The first-order valence-electron chi connectivity index (χ1n) is 7.35. The van der Waals surface area contributed by atoms with E-state index in [4.69, 9.17) is 4.74 Å². The fraction of sp³-hybridized carbons (Fsp3) is 0.278. The molecule has 0 radical (unpaired) electrons. The van der Waals surface area contributed by atoms with Gasteiger partial charge in [-0.3, -0.25) is 4.79 Å². The first-order chi connectivity index (χ1) is 11.0. The van der Waals surface area contributed by atoms with Crippen molar-refractivity contribution in [1.29, 1.82) is 0 Å². The van der Waals surface area contributed by atoms with Gasteiger partial charge in [-0.1, -0.05) is 12.1 Å². The summed E-state index contributed by atoms with van der Waals surface area (Å²) in [6, 6.07) is 9.01. The van der Waals surface area contributed by atoms with Crippen LogP contribution < -0.4 is 9.64 Å². The van der Waals surface area contributed by atoms with E-state index in [9.17, 15) is 13.6 Å². The number of nitrogens with zero attached hydrogens (tertiary/aromatic N) is 1. The molecule has 0 spiro atoms. The minimum absolute atomic E-state index is 0.156. The Balaban J connectivity index is 2.21. The summed E-state index contributed by atoms with van der Waals surface area (Å²) in [4.78, 5) is 13.9. The molecule has 0 aliphatic rings. The highest BCUT2D eigenvalue weighted by Crippen LogP contribution is 2.22. The van der Waals surface area contributed by atoms with Crippen LogP contribution in [0.25, 0.3) is 0 Å². The maximum Gasteiger partial charge on any atom is 0.231 e. The molecule has 0 aromatic heterocycles. The van der Waals surface area contributed by atoms with E-state index in [0.717, 1.165) is 23.3 Å². The second kappa shape index (κ2) is 7.22. The summed E-state index contributed by atoms with van der Waals surface area (Å²) in [5, 5.41) is 0. The molecule has 23 heavy (non-hydrogen) atoms. The molecule has 0 bridgehead atoms. The van der Waals surface area contributed by atoms with E-state index in [1.54, 1.807) is 14.0 Å². The van der Waals surface area contributed by atoms with Crippen molar-refractivity contribution in [2.45, 2.75) is 20.3 Å². The number of methoxy groups -OCH3 is 1. The Hall–Kier alpha value is -2.43. The fourth-order valence-electron chi connectivity index (χ4n) is 2.40. The van der Waals surface area contributed by atoms with Crippen LogP contribution in [0.3, 0.4) is 0 Å². The van der Waals surface area contributed by atoms with Crippen molar-refractivity contribution < 1.29 is 18.3 Å². The number of amides is 1. The van der Waals surface area contributed by atoms with E-state index in [2.05, 4.69) is 0 Å². The van der Waals surface area contributed by atoms with Gasteiger partial charge in [0.05, 0.1) is 13.5 Å². The number of halogens is 2. The average Bonchev–Trinajstić information content (AvgIpc) is 2.53. The monoisotopic (exact) mass is 319 g/mol. The lowest BCUT2D eigenvalue weighted by atomic mass is 10.1. The molecular weight excluding hydrogens is 300 g/mol. The van der Waals surface area contributed by atoms with Gasteiger partial charge >= 0.3 is 0 Å². The predicted molar refractivity (Wildman–Crippen MR) is 85.8 cm³/mol. The number of benzene rings is 2. The van der Waals surface area contributed by atoms with Crippen LogP contribution in [0.15, 0.2) is 36.4 Å². The van der Waals surface area contributed by atoms with E-state index < -0.39 is 11.6 Å². The van der Waals surface area contributed by atoms with Crippen LogP contribution in [0, 0.1) is 18.6 Å². The summed E-state index contributed by atoms with van der Waals surface area (Å²) < 4.78 is 31.7. The van der Waals surface area contributed by atoms with E-state index in [0.29, 0.717) is 18.0 Å². The smallest absolute Gasteiger partial charge is 0.231 e. The molecule has 2 rings (SSSR count). The maximum atomic E-state index is 13.4. The van der Waals surface area contributed by atoms with Gasteiger partial charge < -0.3 is 9.64 Å². The molecule has 2 aromatic carbocycles. The van der Waals surface area contributed by atoms with Gasteiger partial charge in [0.25, 0.3) is 0 Å². The molecule has 0 saturated carbocycles. The molecule has 0 saturated heterocycles. The highest BCUT2D eigenvalue weighted by molar-refractivity contribution is 5.94. The topological polar surface area (TPSA) is 29.5 Å². The lowest BCUT2D eigenvalue weighted by molar-refractivity contribution is -0.117. The number of likely N-dealkylation sites (N-methyl/N-ethyl adjacent to an activating group) is 1. The highest BCUT2D eigenvalue weighted by Gasteiger charge is 2.16. The number of rotatable bonds is 5. The molecule has 3 nitrogen and oxygen atoms in total. The van der Waals surface area contributed by atoms with Crippen LogP contribution in [0.5, 0.6) is 5.75 Å². The molecule has 1 amide bonds. The third kappa shape index (κ3) is 3.86. The zero-order chi connectivity index (χ0) is 17.0. The Morgan fingerprint density at radius 2 is 1.87 bits per heavy atom. The van der Waals surface area contributed by atoms with Crippen molar-refractivity contribution >= 4 is 11.6 Å². The summed E-state index contributed by atoms with van der Waals surface area (Å²) in [5.74, 6) is -1.37. The van der Waals surface area contributed by atoms with Crippen molar-refractivity contribution in [1.82, 2.24) is 0 Å². The maximum absolute atomic E-state index is 13.4. The molecule has 0 heterocycles. The van der Waals surface area contributed by atoms with Crippen molar-refractivity contribution in [3.63, 3.8) is 0 Å². The van der Waals surface area contributed by atoms with E-state index >= 15 is 0 Å². The van der Waals surface area contributed by atoms with Gasteiger partial charge in [-0.15, -0.1) is 0 Å². The molecular formula is C18H19F2NO2. The summed E-state index contributed by atoms with van der Waals surface area (Å²) in [6.07, 6.45) is 0.156. The van der Waals surface area contributed by atoms with Crippen molar-refractivity contribution in [3.8, 4) is 5.75 Å². The molecule has 5 heteroatoms. The second-order valence-corrected chi connectivity index (χ2v) is 5.22. The Kier molecular flexibility index (Phi) is 5.32. The number of hydrogen-bond donors (Lipinski definition) is 0. The quantitative estimate of drug-likeness (QED) is 0.837. The van der Waals surface area contributed by atoms with Gasteiger partial charge in [0.1, 0.15) is 5.75 Å². The first-order valence-corrected chi connectivity index (χ1v) is 7.35. The van der Waals surface area contributed by atoms with Crippen LogP contribution in [0.4, 0.5) is 14.5 Å². The molecule has 0 fully saturated rings. The van der Waals surface area contributed by atoms with Crippen LogP contribution in [0.1, 0.15) is 18.1 Å². The van der Waals surface area contributed by atoms with Crippen molar-refractivity contribution in [2.75, 3.05) is 18.6 Å². The van der Waals surface area contributed by atoms with E-state index in [1.165, 1.54) is 11.0 Å². The SMILES string of the molecule is CCN(C(=O)Cc1ccc(C)c(OC)c1)c1ccc(F)c(F)c1. The lowest BCUT2D eigenvalue weighted by Gasteiger charge is -2.21. The highest BCUT2D eigenvalue weighted by atomic mass is 19.2. The van der Waals surface area contributed by atoms with Crippen LogP contribution >= 0.6 is 0 Å². The normalized spacial score (nSPS) is 10.5. The average molecular weight is 319 g/mol. The fourth-order valence-corrected chi connectivity index (χ4v) is 2.40. The molecule has 0 aliphatic heterocycles. The Morgan fingerprint density at radius 1 is 1.13 bits per heavy atom. The third-order valence-corrected chi connectivity index (χ3v) is 3.66. The zero-order valence-corrected chi connectivity index (χ0v) is 13.4. The van der Waals surface area contributed by atoms with Gasteiger partial charge in [0.2, 0.25) is 5.91 Å². The van der Waals surface area contributed by atoms with Gasteiger partial charge in [-0.25, -0.2) is 8.78 Å². The first kappa shape index (κ1) is 16.9. The van der Waals surface area contributed by atoms with Crippen LogP contribution in [0.2, 0.25) is 0 Å². The third-order valence-electron chi connectivity index (χ3n) is 3.66. The molecule has 0 unspecified atom stereocenters. The minimum Gasteiger partial charge on any atom is -0.496 e. The molecule has 0 N–H and O–H groups in total. The predicted octanol–water partition coefficient (Wildman–Crippen LogP) is 3.88. The Labute approximate surface area is 134 Å². The number of ether oxygens (including phenoxy) is 1. The van der Waals surface area contributed by atoms with Crippen LogP contribution in [-0.4, -0.2) is 19.6 Å². The summed E-state index contributed by atoms with van der Waals surface area (Å²) in [6.45, 7) is 4.08. The number of carbonyl (C=O) groups excluding carboxylic acids is 1.